The topological polar surface area (TPSA) is 75.6 Å². The summed E-state index contributed by atoms with van der Waals surface area (Å²) in [7, 11) is 1.54. The van der Waals surface area contributed by atoms with Gasteiger partial charge in [-0.15, -0.1) is 0 Å². The Morgan fingerprint density at radius 1 is 1.03 bits per heavy atom. The van der Waals surface area contributed by atoms with E-state index in [-0.39, 0.29) is 18.0 Å². The first-order valence-electron chi connectivity index (χ1n) is 10.4. The lowest BCUT2D eigenvalue weighted by Crippen LogP contribution is -2.34. The zero-order chi connectivity index (χ0) is 22.7. The monoisotopic (exact) mass is 433 g/mol. The van der Waals surface area contributed by atoms with Gasteiger partial charge in [0.15, 0.2) is 5.78 Å². The number of ketones is 1. The largest absolute Gasteiger partial charge is 0.495 e. The van der Waals surface area contributed by atoms with Gasteiger partial charge in [0.2, 0.25) is 0 Å². The third-order valence-corrected chi connectivity index (χ3v) is 6.05. The van der Waals surface area contributed by atoms with E-state index in [4.69, 9.17) is 4.74 Å². The predicted octanol–water partition coefficient (Wildman–Crippen LogP) is 4.89. The average Bonchev–Trinajstić information content (AvgIpc) is 3.18. The van der Waals surface area contributed by atoms with Gasteiger partial charge in [0.1, 0.15) is 11.6 Å². The van der Waals surface area contributed by atoms with Crippen molar-refractivity contribution in [2.75, 3.05) is 12.4 Å². The molecular formula is C26H24FNO4. The quantitative estimate of drug-likeness (QED) is 0.495. The molecule has 0 aliphatic heterocycles. The molecule has 32 heavy (non-hydrogen) atoms. The number of nitrogens with one attached hydrogen (secondary N) is 1. The van der Waals surface area contributed by atoms with E-state index < -0.39 is 11.4 Å². The predicted molar refractivity (Wildman–Crippen MR) is 120 cm³/mol. The Balaban J connectivity index is 1.53. The third-order valence-electron chi connectivity index (χ3n) is 6.05. The van der Waals surface area contributed by atoms with E-state index >= 15 is 0 Å². The molecule has 0 spiro atoms. The third kappa shape index (κ3) is 4.35. The zero-order valence-corrected chi connectivity index (χ0v) is 17.7. The van der Waals surface area contributed by atoms with E-state index in [1.165, 1.54) is 19.2 Å². The molecule has 1 aliphatic rings. The molecular weight excluding hydrogens is 409 g/mol. The van der Waals surface area contributed by atoms with E-state index in [1.807, 2.05) is 24.3 Å². The van der Waals surface area contributed by atoms with Gasteiger partial charge in [-0.25, -0.2) is 4.39 Å². The van der Waals surface area contributed by atoms with Crippen LogP contribution in [0.2, 0.25) is 0 Å². The number of carbonyl (C=O) groups is 2. The SMILES string of the molecule is COc1ccc(C(=O)CC2(C(=O)O)Cc3ccccc3C2)cc1NCc1ccc(F)cc1. The van der Waals surface area contributed by atoms with Crippen LogP contribution in [-0.2, 0) is 24.2 Å². The highest BCUT2D eigenvalue weighted by atomic mass is 19.1. The maximum Gasteiger partial charge on any atom is 0.310 e. The Labute approximate surface area is 185 Å². The molecule has 0 saturated carbocycles. The van der Waals surface area contributed by atoms with Crippen molar-refractivity contribution < 1.29 is 23.8 Å². The van der Waals surface area contributed by atoms with Gasteiger partial charge in [0.05, 0.1) is 18.2 Å². The van der Waals surface area contributed by atoms with Gasteiger partial charge < -0.3 is 15.2 Å². The van der Waals surface area contributed by atoms with Crippen LogP contribution in [0, 0.1) is 11.2 Å². The van der Waals surface area contributed by atoms with Gasteiger partial charge in [0.25, 0.3) is 0 Å². The minimum Gasteiger partial charge on any atom is -0.495 e. The molecule has 0 bridgehead atoms. The number of carboxylic acid groups (broad SMARTS) is 1. The van der Waals surface area contributed by atoms with Gasteiger partial charge >= 0.3 is 5.97 Å². The fourth-order valence-corrected chi connectivity index (χ4v) is 4.27. The van der Waals surface area contributed by atoms with Crippen molar-refractivity contribution in [3.63, 3.8) is 0 Å². The number of rotatable bonds is 8. The summed E-state index contributed by atoms with van der Waals surface area (Å²) in [6, 6.07) is 18.8. The molecule has 0 fully saturated rings. The summed E-state index contributed by atoms with van der Waals surface area (Å²) in [5.41, 5.74) is 2.74. The van der Waals surface area contributed by atoms with Crippen LogP contribution in [0.1, 0.15) is 33.5 Å². The van der Waals surface area contributed by atoms with Crippen LogP contribution in [0.15, 0.2) is 66.7 Å². The molecule has 0 saturated heterocycles. The van der Waals surface area contributed by atoms with Gasteiger partial charge in [0, 0.05) is 18.5 Å². The maximum atomic E-state index is 13.2. The van der Waals surface area contributed by atoms with E-state index in [2.05, 4.69) is 5.32 Å². The molecule has 2 N–H and O–H groups in total. The van der Waals surface area contributed by atoms with Crippen molar-refractivity contribution in [3.8, 4) is 5.75 Å². The number of aliphatic carboxylic acids is 1. The first kappa shape index (κ1) is 21.6. The summed E-state index contributed by atoms with van der Waals surface area (Å²) in [5.74, 6) is -0.928. The molecule has 3 aromatic carbocycles. The molecule has 0 amide bonds. The second-order valence-corrected chi connectivity index (χ2v) is 8.20. The van der Waals surface area contributed by atoms with Gasteiger partial charge in [-0.1, -0.05) is 36.4 Å². The van der Waals surface area contributed by atoms with Crippen molar-refractivity contribution in [1.29, 1.82) is 0 Å². The molecule has 0 radical (unpaired) electrons. The molecule has 0 atom stereocenters. The number of methoxy groups -OCH3 is 1. The fourth-order valence-electron chi connectivity index (χ4n) is 4.27. The number of benzene rings is 3. The van der Waals surface area contributed by atoms with E-state index in [9.17, 15) is 19.1 Å². The number of halogens is 1. The van der Waals surface area contributed by atoms with Gasteiger partial charge in [-0.3, -0.25) is 9.59 Å². The van der Waals surface area contributed by atoms with Crippen molar-refractivity contribution in [2.24, 2.45) is 5.41 Å². The highest BCUT2D eigenvalue weighted by Gasteiger charge is 2.45. The Kier molecular flexibility index (Phi) is 5.95. The van der Waals surface area contributed by atoms with Crippen LogP contribution in [-0.4, -0.2) is 24.0 Å². The highest BCUT2D eigenvalue weighted by molar-refractivity contribution is 6.00. The van der Waals surface area contributed by atoms with Crippen molar-refractivity contribution in [3.05, 3.63) is 94.8 Å². The number of anilines is 1. The second kappa shape index (κ2) is 8.83. The number of ether oxygens (including phenoxy) is 1. The smallest absolute Gasteiger partial charge is 0.310 e. The normalized spacial score (nSPS) is 13.9. The van der Waals surface area contributed by atoms with Crippen LogP contribution < -0.4 is 10.1 Å². The molecule has 5 nitrogen and oxygen atoms in total. The average molecular weight is 433 g/mol. The molecule has 1 aliphatic carbocycles. The van der Waals surface area contributed by atoms with Gasteiger partial charge in [-0.2, -0.15) is 0 Å². The van der Waals surface area contributed by atoms with Crippen LogP contribution >= 0.6 is 0 Å². The Morgan fingerprint density at radius 2 is 1.69 bits per heavy atom. The van der Waals surface area contributed by atoms with Crippen LogP contribution in [0.5, 0.6) is 5.75 Å². The van der Waals surface area contributed by atoms with Crippen LogP contribution in [0.3, 0.4) is 0 Å². The molecule has 0 unspecified atom stereocenters. The van der Waals surface area contributed by atoms with Crippen molar-refractivity contribution in [2.45, 2.75) is 25.8 Å². The Bertz CT molecular complexity index is 1130. The number of hydrogen-bond donors (Lipinski definition) is 2. The van der Waals surface area contributed by atoms with Crippen molar-refractivity contribution in [1.82, 2.24) is 0 Å². The summed E-state index contributed by atoms with van der Waals surface area (Å²) in [4.78, 5) is 25.3. The summed E-state index contributed by atoms with van der Waals surface area (Å²) in [6.45, 7) is 0.419. The van der Waals surface area contributed by atoms with Crippen LogP contribution in [0.4, 0.5) is 10.1 Å². The number of carbonyl (C=O) groups excluding carboxylic acids is 1. The Morgan fingerprint density at radius 3 is 2.28 bits per heavy atom. The molecule has 0 heterocycles. The molecule has 4 rings (SSSR count). The molecule has 0 aromatic heterocycles. The molecule has 3 aromatic rings. The highest BCUT2D eigenvalue weighted by Crippen LogP contribution is 2.41. The minimum absolute atomic E-state index is 0.0826. The minimum atomic E-state index is -1.14. The standard InChI is InChI=1S/C26H24FNO4/c1-32-24-11-8-18(12-22(24)28-16-17-6-9-21(27)10-7-17)23(29)15-26(25(30)31)13-19-4-2-3-5-20(19)14-26/h2-12,28H,13-16H2,1H3,(H,30,31). The number of fused-ring (bicyclic) bond motifs is 1. The number of Topliss-reactive ketones (excluding diaryl/α,β-unsaturated/α-hetero) is 1. The lowest BCUT2D eigenvalue weighted by Gasteiger charge is -2.23. The second-order valence-electron chi connectivity index (χ2n) is 8.20. The summed E-state index contributed by atoms with van der Waals surface area (Å²) < 4.78 is 18.5. The number of carboxylic acids is 1. The zero-order valence-electron chi connectivity index (χ0n) is 17.7. The first-order chi connectivity index (χ1) is 15.4. The molecule has 6 heteroatoms. The first-order valence-corrected chi connectivity index (χ1v) is 10.4. The number of hydrogen-bond acceptors (Lipinski definition) is 4. The fraction of sp³-hybridized carbons (Fsp3) is 0.231. The lowest BCUT2D eigenvalue weighted by atomic mass is 9.79. The van der Waals surface area contributed by atoms with Crippen LogP contribution in [0.25, 0.3) is 0 Å². The van der Waals surface area contributed by atoms with Gasteiger partial charge in [-0.05, 0) is 59.9 Å². The summed E-state index contributed by atoms with van der Waals surface area (Å²) in [5, 5.41) is 13.2. The molecule has 164 valence electrons. The Hall–Kier alpha value is -3.67. The lowest BCUT2D eigenvalue weighted by molar-refractivity contribution is -0.148. The van der Waals surface area contributed by atoms with E-state index in [1.54, 1.807) is 30.3 Å². The summed E-state index contributed by atoms with van der Waals surface area (Å²) >= 11 is 0. The van der Waals surface area contributed by atoms with E-state index in [0.29, 0.717) is 36.4 Å². The summed E-state index contributed by atoms with van der Waals surface area (Å²) in [6.07, 6.45) is 0.604. The van der Waals surface area contributed by atoms with Crippen molar-refractivity contribution >= 4 is 17.4 Å². The van der Waals surface area contributed by atoms with E-state index in [0.717, 1.165) is 16.7 Å². The maximum absolute atomic E-state index is 13.2.